The highest BCUT2D eigenvalue weighted by Gasteiger charge is 2.33. The molecular formula is C26H25NO3. The maximum Gasteiger partial charge on any atom is 0.414 e. The Labute approximate surface area is 176 Å². The zero-order valence-electron chi connectivity index (χ0n) is 17.3. The van der Waals surface area contributed by atoms with Gasteiger partial charge >= 0.3 is 6.09 Å². The molecule has 4 heteroatoms. The number of rotatable bonds is 3. The van der Waals surface area contributed by atoms with Crippen molar-refractivity contribution < 1.29 is 14.6 Å². The highest BCUT2D eigenvalue weighted by molar-refractivity contribution is 5.91. The van der Waals surface area contributed by atoms with Crippen molar-refractivity contribution in [1.82, 2.24) is 0 Å². The number of hydrogen-bond acceptors (Lipinski definition) is 3. The molecule has 0 aromatic heterocycles. The third kappa shape index (κ3) is 2.99. The molecule has 1 heterocycles. The second-order valence-corrected chi connectivity index (χ2v) is 8.57. The Balaban J connectivity index is 1.38. The molecule has 3 aromatic rings. The van der Waals surface area contributed by atoms with E-state index in [0.717, 1.165) is 23.2 Å². The maximum atomic E-state index is 13.0. The van der Waals surface area contributed by atoms with Crippen LogP contribution in [0.4, 0.5) is 10.5 Å². The van der Waals surface area contributed by atoms with Gasteiger partial charge in [-0.2, -0.15) is 0 Å². The molecule has 0 spiro atoms. The summed E-state index contributed by atoms with van der Waals surface area (Å²) < 4.78 is 5.83. The van der Waals surface area contributed by atoms with E-state index in [1.54, 1.807) is 18.7 Å². The lowest BCUT2D eigenvalue weighted by molar-refractivity contribution is 0.0778. The second kappa shape index (κ2) is 6.99. The smallest absolute Gasteiger partial charge is 0.414 e. The first-order chi connectivity index (χ1) is 14.4. The van der Waals surface area contributed by atoms with Gasteiger partial charge in [0.1, 0.15) is 6.61 Å². The molecule has 0 saturated carbocycles. The Morgan fingerprint density at radius 3 is 2.27 bits per heavy atom. The predicted molar refractivity (Wildman–Crippen MR) is 118 cm³/mol. The highest BCUT2D eigenvalue weighted by atomic mass is 16.6. The van der Waals surface area contributed by atoms with Crippen molar-refractivity contribution >= 4 is 11.8 Å². The summed E-state index contributed by atoms with van der Waals surface area (Å²) in [6.45, 7) is 4.43. The minimum Gasteiger partial charge on any atom is -0.448 e. The largest absolute Gasteiger partial charge is 0.448 e. The fraction of sp³-hybridized carbons (Fsp3) is 0.269. The molecular weight excluding hydrogens is 374 g/mol. The molecule has 152 valence electrons. The average molecular weight is 399 g/mol. The lowest BCUT2D eigenvalue weighted by Gasteiger charge is -2.23. The third-order valence-corrected chi connectivity index (χ3v) is 6.24. The van der Waals surface area contributed by atoms with E-state index in [1.807, 2.05) is 42.5 Å². The summed E-state index contributed by atoms with van der Waals surface area (Å²) in [5.41, 5.74) is 6.64. The molecule has 0 unspecified atom stereocenters. The van der Waals surface area contributed by atoms with Gasteiger partial charge in [-0.3, -0.25) is 4.90 Å². The molecule has 0 atom stereocenters. The summed E-state index contributed by atoms with van der Waals surface area (Å²) >= 11 is 0. The van der Waals surface area contributed by atoms with Gasteiger partial charge in [0.05, 0.1) is 11.3 Å². The number of aliphatic hydroxyl groups is 1. The van der Waals surface area contributed by atoms with Crippen LogP contribution in [0.25, 0.3) is 11.1 Å². The number of fused-ring (bicyclic) bond motifs is 4. The topological polar surface area (TPSA) is 49.8 Å². The number of hydrogen-bond donors (Lipinski definition) is 1. The molecule has 1 aliphatic heterocycles. The monoisotopic (exact) mass is 399 g/mol. The Morgan fingerprint density at radius 2 is 1.63 bits per heavy atom. The molecule has 5 rings (SSSR count). The van der Waals surface area contributed by atoms with E-state index < -0.39 is 5.60 Å². The van der Waals surface area contributed by atoms with E-state index in [-0.39, 0.29) is 12.0 Å². The number of ether oxygens (including phenoxy) is 1. The fourth-order valence-electron chi connectivity index (χ4n) is 4.87. The standard InChI is InChI=1S/C26H25NO3/c1-26(2,29)23-12-7-13-24-21(23)14-15-27(24)25(28)30-16-22-19-10-5-3-8-17(19)18-9-4-6-11-20(18)22/h3-13,22,29H,14-16H2,1-2H3. The molecule has 1 aliphatic carbocycles. The highest BCUT2D eigenvalue weighted by Crippen LogP contribution is 2.44. The van der Waals surface area contributed by atoms with Crippen molar-refractivity contribution in [2.45, 2.75) is 31.8 Å². The van der Waals surface area contributed by atoms with Gasteiger partial charge in [-0.05, 0) is 59.7 Å². The lowest BCUT2D eigenvalue weighted by Crippen LogP contribution is -2.30. The number of anilines is 1. The first kappa shape index (κ1) is 18.9. The molecule has 30 heavy (non-hydrogen) atoms. The van der Waals surface area contributed by atoms with Crippen molar-refractivity contribution in [3.05, 3.63) is 89.0 Å². The minimum absolute atomic E-state index is 0.0473. The summed E-state index contributed by atoms with van der Waals surface area (Å²) in [6, 6.07) is 22.4. The van der Waals surface area contributed by atoms with Gasteiger partial charge in [-0.1, -0.05) is 60.7 Å². The molecule has 0 radical (unpaired) electrons. The molecule has 0 bridgehead atoms. The molecule has 0 fully saturated rings. The zero-order valence-corrected chi connectivity index (χ0v) is 17.3. The van der Waals surface area contributed by atoms with Gasteiger partial charge in [-0.15, -0.1) is 0 Å². The molecule has 0 saturated heterocycles. The minimum atomic E-state index is -0.942. The average Bonchev–Trinajstić information content (AvgIpc) is 3.31. The van der Waals surface area contributed by atoms with Crippen molar-refractivity contribution in [3.63, 3.8) is 0 Å². The number of nitrogens with zero attached hydrogens (tertiary/aromatic N) is 1. The lowest BCUT2D eigenvalue weighted by atomic mass is 9.92. The van der Waals surface area contributed by atoms with Crippen molar-refractivity contribution in [2.24, 2.45) is 0 Å². The van der Waals surface area contributed by atoms with Crippen LogP contribution in [0, 0.1) is 0 Å². The summed E-state index contributed by atoms with van der Waals surface area (Å²) in [6.07, 6.45) is 0.392. The quantitative estimate of drug-likeness (QED) is 0.656. The summed E-state index contributed by atoms with van der Waals surface area (Å²) in [5, 5.41) is 10.5. The van der Waals surface area contributed by atoms with Crippen LogP contribution >= 0.6 is 0 Å². The number of benzene rings is 3. The Bertz CT molecular complexity index is 1080. The van der Waals surface area contributed by atoms with Gasteiger partial charge in [0.2, 0.25) is 0 Å². The van der Waals surface area contributed by atoms with E-state index in [0.29, 0.717) is 13.2 Å². The van der Waals surface area contributed by atoms with E-state index in [1.165, 1.54) is 22.3 Å². The SMILES string of the molecule is CC(C)(O)c1cccc2c1CCN2C(=O)OCC1c2ccccc2-c2ccccc21. The van der Waals surface area contributed by atoms with Crippen LogP contribution in [0.1, 0.15) is 42.0 Å². The number of carbonyl (C=O) groups is 1. The van der Waals surface area contributed by atoms with E-state index in [2.05, 4.69) is 24.3 Å². The van der Waals surface area contributed by atoms with Gasteiger partial charge in [0.15, 0.2) is 0 Å². The van der Waals surface area contributed by atoms with Gasteiger partial charge < -0.3 is 9.84 Å². The first-order valence-corrected chi connectivity index (χ1v) is 10.4. The first-order valence-electron chi connectivity index (χ1n) is 10.4. The summed E-state index contributed by atoms with van der Waals surface area (Å²) in [5.74, 6) is 0.0473. The van der Waals surface area contributed by atoms with Gasteiger partial charge in [0, 0.05) is 12.5 Å². The molecule has 3 aromatic carbocycles. The Hall–Kier alpha value is -3.11. The molecule has 1 N–H and O–H groups in total. The van der Waals surface area contributed by atoms with Crippen LogP contribution in [-0.4, -0.2) is 24.4 Å². The fourth-order valence-corrected chi connectivity index (χ4v) is 4.87. The summed E-state index contributed by atoms with van der Waals surface area (Å²) in [7, 11) is 0. The van der Waals surface area contributed by atoms with Crippen molar-refractivity contribution in [2.75, 3.05) is 18.1 Å². The Kier molecular flexibility index (Phi) is 4.40. The van der Waals surface area contributed by atoms with E-state index in [9.17, 15) is 9.90 Å². The van der Waals surface area contributed by atoms with Crippen LogP contribution in [0.5, 0.6) is 0 Å². The molecule has 1 amide bonds. The third-order valence-electron chi connectivity index (χ3n) is 6.24. The van der Waals surface area contributed by atoms with Crippen molar-refractivity contribution in [1.29, 1.82) is 0 Å². The van der Waals surface area contributed by atoms with Crippen molar-refractivity contribution in [3.8, 4) is 11.1 Å². The number of carbonyl (C=O) groups excluding carboxylic acids is 1. The Morgan fingerprint density at radius 1 is 1.00 bits per heavy atom. The van der Waals surface area contributed by atoms with E-state index in [4.69, 9.17) is 4.74 Å². The maximum absolute atomic E-state index is 13.0. The van der Waals surface area contributed by atoms with E-state index >= 15 is 0 Å². The number of amides is 1. The van der Waals surface area contributed by atoms with Crippen LogP contribution in [0.3, 0.4) is 0 Å². The second-order valence-electron chi connectivity index (χ2n) is 8.57. The van der Waals surface area contributed by atoms with Crippen LogP contribution in [0.2, 0.25) is 0 Å². The molecule has 4 nitrogen and oxygen atoms in total. The van der Waals surface area contributed by atoms with Crippen LogP contribution < -0.4 is 4.90 Å². The van der Waals surface area contributed by atoms with Gasteiger partial charge in [0.25, 0.3) is 0 Å². The zero-order chi connectivity index (χ0) is 20.9. The summed E-state index contributed by atoms with van der Waals surface area (Å²) in [4.78, 5) is 14.7. The predicted octanol–water partition coefficient (Wildman–Crippen LogP) is 5.23. The van der Waals surface area contributed by atoms with Gasteiger partial charge in [-0.25, -0.2) is 4.79 Å². The van der Waals surface area contributed by atoms with Crippen LogP contribution in [-0.2, 0) is 16.8 Å². The normalized spacial score (nSPS) is 15.0. The molecule has 2 aliphatic rings. The van der Waals surface area contributed by atoms with Crippen LogP contribution in [0.15, 0.2) is 66.7 Å².